The van der Waals surface area contributed by atoms with Crippen LogP contribution in [-0.4, -0.2) is 27.0 Å². The number of para-hydroxylation sites is 3. The number of hydrogen-bond donors (Lipinski definition) is 1. The van der Waals surface area contributed by atoms with Gasteiger partial charge in [0.1, 0.15) is 5.69 Å². The molecule has 2 aromatic heterocycles. The van der Waals surface area contributed by atoms with Crippen LogP contribution in [0.5, 0.6) is 0 Å². The Morgan fingerprint density at radius 1 is 1.08 bits per heavy atom. The van der Waals surface area contributed by atoms with Crippen molar-refractivity contribution >= 4 is 27.8 Å². The summed E-state index contributed by atoms with van der Waals surface area (Å²) in [6.07, 6.45) is 2.38. The van der Waals surface area contributed by atoms with Crippen molar-refractivity contribution in [1.29, 1.82) is 0 Å². The van der Waals surface area contributed by atoms with E-state index in [0.717, 1.165) is 24.0 Å². The van der Waals surface area contributed by atoms with Gasteiger partial charge in [-0.3, -0.25) is 9.78 Å². The number of nitrogens with zero attached hydrogens (tertiary/aromatic N) is 3. The maximum atomic E-state index is 12.3. The highest BCUT2D eigenvalue weighted by Crippen LogP contribution is 2.19. The van der Waals surface area contributed by atoms with E-state index in [0.29, 0.717) is 12.2 Å². The summed E-state index contributed by atoms with van der Waals surface area (Å²) in [5, 5.41) is 4.19. The number of hydrogen-bond acceptors (Lipinski definition) is 3. The van der Waals surface area contributed by atoms with Gasteiger partial charge in [-0.15, -0.1) is 0 Å². The second kappa shape index (κ2) is 6.96. The van der Waals surface area contributed by atoms with E-state index >= 15 is 0 Å². The summed E-state index contributed by atoms with van der Waals surface area (Å²) in [6, 6.07) is 18.1. The molecule has 0 atom stereocenters. The van der Waals surface area contributed by atoms with Gasteiger partial charge in [0.05, 0.1) is 17.2 Å². The minimum absolute atomic E-state index is 0.183. The lowest BCUT2D eigenvalue weighted by molar-refractivity contribution is 0.0948. The van der Waals surface area contributed by atoms with Crippen LogP contribution >= 0.6 is 0 Å². The molecule has 0 fully saturated rings. The SMILES string of the molecule is Cc1cc2ccccc2n1CCCNC(=O)c1cnc2ccccc2n1. The Morgan fingerprint density at radius 3 is 2.73 bits per heavy atom. The van der Waals surface area contributed by atoms with Gasteiger partial charge in [-0.25, -0.2) is 4.98 Å². The molecule has 0 aliphatic rings. The van der Waals surface area contributed by atoms with Crippen molar-refractivity contribution in [3.8, 4) is 0 Å². The number of amides is 1. The molecule has 0 unspecified atom stereocenters. The standard InChI is InChI=1S/C21H20N4O/c1-15-13-16-7-2-5-10-20(16)25(15)12-6-11-22-21(26)19-14-23-17-8-3-4-9-18(17)24-19/h2-5,7-10,13-14H,6,11-12H2,1H3,(H,22,26). The first kappa shape index (κ1) is 16.3. The zero-order chi connectivity index (χ0) is 17.9. The zero-order valence-corrected chi connectivity index (χ0v) is 14.6. The molecule has 0 saturated heterocycles. The number of fused-ring (bicyclic) bond motifs is 2. The lowest BCUT2D eigenvalue weighted by Crippen LogP contribution is -2.26. The normalized spacial score (nSPS) is 11.1. The third-order valence-corrected chi connectivity index (χ3v) is 4.54. The molecule has 0 aliphatic carbocycles. The van der Waals surface area contributed by atoms with E-state index in [1.807, 2.05) is 24.3 Å². The highest BCUT2D eigenvalue weighted by Gasteiger charge is 2.09. The Balaban J connectivity index is 1.38. The maximum Gasteiger partial charge on any atom is 0.271 e. The molecule has 26 heavy (non-hydrogen) atoms. The fourth-order valence-corrected chi connectivity index (χ4v) is 3.24. The van der Waals surface area contributed by atoms with Gasteiger partial charge in [0, 0.05) is 24.3 Å². The number of benzene rings is 2. The molecule has 0 bridgehead atoms. The summed E-state index contributed by atoms with van der Waals surface area (Å²) in [7, 11) is 0. The quantitative estimate of drug-likeness (QED) is 0.561. The van der Waals surface area contributed by atoms with Gasteiger partial charge < -0.3 is 9.88 Å². The molecule has 2 heterocycles. The lowest BCUT2D eigenvalue weighted by Gasteiger charge is -2.09. The van der Waals surface area contributed by atoms with Crippen LogP contribution in [0.2, 0.25) is 0 Å². The van der Waals surface area contributed by atoms with Crippen molar-refractivity contribution in [1.82, 2.24) is 19.9 Å². The van der Waals surface area contributed by atoms with Gasteiger partial charge in [-0.05, 0) is 43.0 Å². The molecular formula is C21H20N4O. The molecule has 0 radical (unpaired) electrons. The first-order valence-electron chi connectivity index (χ1n) is 8.77. The average Bonchev–Trinajstić information content (AvgIpc) is 3.00. The first-order chi connectivity index (χ1) is 12.7. The van der Waals surface area contributed by atoms with Crippen LogP contribution in [0.3, 0.4) is 0 Å². The summed E-state index contributed by atoms with van der Waals surface area (Å²) in [5.74, 6) is -0.183. The molecule has 4 rings (SSSR count). The molecule has 5 nitrogen and oxygen atoms in total. The highest BCUT2D eigenvalue weighted by atomic mass is 16.1. The highest BCUT2D eigenvalue weighted by molar-refractivity contribution is 5.93. The Bertz CT molecular complexity index is 1080. The number of rotatable bonds is 5. The third-order valence-electron chi connectivity index (χ3n) is 4.54. The molecule has 0 aliphatic heterocycles. The Morgan fingerprint density at radius 2 is 1.85 bits per heavy atom. The van der Waals surface area contributed by atoms with Crippen LogP contribution in [0, 0.1) is 6.92 Å². The molecule has 0 spiro atoms. The molecule has 0 saturated carbocycles. The van der Waals surface area contributed by atoms with E-state index in [1.165, 1.54) is 22.8 Å². The molecule has 1 amide bonds. The Hall–Kier alpha value is -3.21. The topological polar surface area (TPSA) is 59.8 Å². The van der Waals surface area contributed by atoms with Gasteiger partial charge in [0.15, 0.2) is 0 Å². The summed E-state index contributed by atoms with van der Waals surface area (Å²) in [6.45, 7) is 3.57. The van der Waals surface area contributed by atoms with Crippen LogP contribution in [0.15, 0.2) is 60.8 Å². The van der Waals surface area contributed by atoms with Gasteiger partial charge >= 0.3 is 0 Å². The predicted octanol–water partition coefficient (Wildman–Crippen LogP) is 3.71. The number of carbonyl (C=O) groups is 1. The second-order valence-electron chi connectivity index (χ2n) is 6.35. The van der Waals surface area contributed by atoms with E-state index in [-0.39, 0.29) is 5.91 Å². The molecule has 1 N–H and O–H groups in total. The summed E-state index contributed by atoms with van der Waals surface area (Å²) in [4.78, 5) is 21.0. The summed E-state index contributed by atoms with van der Waals surface area (Å²) < 4.78 is 2.29. The third kappa shape index (κ3) is 3.16. The van der Waals surface area contributed by atoms with Gasteiger partial charge in [-0.2, -0.15) is 0 Å². The largest absolute Gasteiger partial charge is 0.351 e. The predicted molar refractivity (Wildman–Crippen MR) is 103 cm³/mol. The van der Waals surface area contributed by atoms with Crippen LogP contribution in [0.4, 0.5) is 0 Å². The average molecular weight is 344 g/mol. The van der Waals surface area contributed by atoms with Crippen LogP contribution in [0.1, 0.15) is 22.6 Å². The number of aromatic nitrogens is 3. The zero-order valence-electron chi connectivity index (χ0n) is 14.6. The van der Waals surface area contributed by atoms with E-state index in [9.17, 15) is 4.79 Å². The van der Waals surface area contributed by atoms with Crippen molar-refractivity contribution in [3.05, 3.63) is 72.2 Å². The van der Waals surface area contributed by atoms with Gasteiger partial charge in [0.25, 0.3) is 5.91 Å². The van der Waals surface area contributed by atoms with Crippen LogP contribution in [-0.2, 0) is 6.54 Å². The van der Waals surface area contributed by atoms with Crippen LogP contribution < -0.4 is 5.32 Å². The maximum absolute atomic E-state index is 12.3. The smallest absolute Gasteiger partial charge is 0.271 e. The van der Waals surface area contributed by atoms with Gasteiger partial charge in [0.2, 0.25) is 0 Å². The number of nitrogens with one attached hydrogen (secondary N) is 1. The molecule has 130 valence electrons. The van der Waals surface area contributed by atoms with E-state index in [1.54, 1.807) is 0 Å². The monoisotopic (exact) mass is 344 g/mol. The minimum atomic E-state index is -0.183. The van der Waals surface area contributed by atoms with Crippen molar-refractivity contribution < 1.29 is 4.79 Å². The molecular weight excluding hydrogens is 324 g/mol. The molecule has 5 heteroatoms. The summed E-state index contributed by atoms with van der Waals surface area (Å²) in [5.41, 5.74) is 4.34. The van der Waals surface area contributed by atoms with Crippen molar-refractivity contribution in [2.24, 2.45) is 0 Å². The fraction of sp³-hybridized carbons (Fsp3) is 0.190. The van der Waals surface area contributed by atoms with E-state index < -0.39 is 0 Å². The van der Waals surface area contributed by atoms with Crippen molar-refractivity contribution in [2.45, 2.75) is 19.9 Å². The van der Waals surface area contributed by atoms with Crippen LogP contribution in [0.25, 0.3) is 21.9 Å². The van der Waals surface area contributed by atoms with Crippen molar-refractivity contribution in [2.75, 3.05) is 6.54 Å². The van der Waals surface area contributed by atoms with Gasteiger partial charge in [-0.1, -0.05) is 30.3 Å². The Kier molecular flexibility index (Phi) is 4.35. The van der Waals surface area contributed by atoms with E-state index in [4.69, 9.17) is 0 Å². The molecule has 2 aromatic carbocycles. The van der Waals surface area contributed by atoms with Crippen molar-refractivity contribution in [3.63, 3.8) is 0 Å². The lowest BCUT2D eigenvalue weighted by atomic mass is 10.2. The fourth-order valence-electron chi connectivity index (χ4n) is 3.24. The second-order valence-corrected chi connectivity index (χ2v) is 6.35. The summed E-state index contributed by atoms with van der Waals surface area (Å²) >= 11 is 0. The minimum Gasteiger partial charge on any atom is -0.351 e. The number of aryl methyl sites for hydroxylation is 2. The van der Waals surface area contributed by atoms with E-state index in [2.05, 4.69) is 57.1 Å². The Labute approximate surface area is 151 Å². The number of carbonyl (C=O) groups excluding carboxylic acids is 1. The first-order valence-corrected chi connectivity index (χ1v) is 8.77. The molecule has 4 aromatic rings.